The zero-order valence-corrected chi connectivity index (χ0v) is 16.6. The number of fused-ring (bicyclic) bond motifs is 3. The predicted molar refractivity (Wildman–Crippen MR) is 113 cm³/mol. The van der Waals surface area contributed by atoms with Gasteiger partial charge in [0.25, 0.3) is 0 Å². The van der Waals surface area contributed by atoms with Crippen LogP contribution in [0.5, 0.6) is 0 Å². The van der Waals surface area contributed by atoms with E-state index in [-0.39, 0.29) is 0 Å². The molecule has 8 nitrogen and oxygen atoms in total. The Hall–Kier alpha value is -2.52. The zero-order valence-electron chi connectivity index (χ0n) is 15.8. The fourth-order valence-corrected chi connectivity index (χ4v) is 4.56. The highest BCUT2D eigenvalue weighted by molar-refractivity contribution is 8.13. The number of nitrogens with zero attached hydrogens (tertiary/aromatic N) is 8. The Bertz CT molecular complexity index is 907. The summed E-state index contributed by atoms with van der Waals surface area (Å²) in [5.41, 5.74) is 1.81. The molecule has 144 valence electrons. The normalized spacial score (nSPS) is 21.8. The Labute approximate surface area is 168 Å². The number of aliphatic imine (C=N–C) groups is 2. The SMILES string of the molecule is CSC1=Nc2cccnc2C2=NCC(CN3CCN(c4ncccn4)CC3)N12. The van der Waals surface area contributed by atoms with Crippen LogP contribution in [0.2, 0.25) is 0 Å². The number of piperazine rings is 1. The Kier molecular flexibility index (Phi) is 4.69. The topological polar surface area (TPSA) is 73.1 Å². The van der Waals surface area contributed by atoms with Crippen molar-refractivity contribution >= 4 is 34.4 Å². The van der Waals surface area contributed by atoms with E-state index in [0.29, 0.717) is 6.04 Å². The molecule has 0 amide bonds. The fraction of sp³-hybridized carbons (Fsp3) is 0.421. The molecule has 0 saturated carbocycles. The first-order valence-electron chi connectivity index (χ1n) is 9.49. The van der Waals surface area contributed by atoms with Crippen LogP contribution in [0.1, 0.15) is 5.69 Å². The lowest BCUT2D eigenvalue weighted by molar-refractivity contribution is 0.220. The molecule has 0 N–H and O–H groups in total. The van der Waals surface area contributed by atoms with Crippen LogP contribution in [0.25, 0.3) is 0 Å². The molecule has 1 atom stereocenters. The molecule has 0 bridgehead atoms. The Morgan fingerprint density at radius 2 is 1.82 bits per heavy atom. The van der Waals surface area contributed by atoms with E-state index in [1.807, 2.05) is 24.4 Å². The number of hydrogen-bond acceptors (Lipinski definition) is 9. The Morgan fingerprint density at radius 3 is 2.61 bits per heavy atom. The third-order valence-corrected chi connectivity index (χ3v) is 5.98. The third-order valence-electron chi connectivity index (χ3n) is 5.32. The van der Waals surface area contributed by atoms with Crippen molar-refractivity contribution in [1.29, 1.82) is 0 Å². The lowest BCUT2D eigenvalue weighted by Crippen LogP contribution is -2.53. The Morgan fingerprint density at radius 1 is 1.04 bits per heavy atom. The van der Waals surface area contributed by atoms with E-state index in [9.17, 15) is 0 Å². The van der Waals surface area contributed by atoms with Gasteiger partial charge in [-0.1, -0.05) is 11.8 Å². The lowest BCUT2D eigenvalue weighted by Gasteiger charge is -2.38. The van der Waals surface area contributed by atoms with Crippen molar-refractivity contribution < 1.29 is 0 Å². The van der Waals surface area contributed by atoms with E-state index >= 15 is 0 Å². The maximum absolute atomic E-state index is 4.84. The van der Waals surface area contributed by atoms with Gasteiger partial charge in [-0.15, -0.1) is 0 Å². The van der Waals surface area contributed by atoms with Crippen molar-refractivity contribution in [2.24, 2.45) is 9.98 Å². The van der Waals surface area contributed by atoms with Crippen molar-refractivity contribution in [1.82, 2.24) is 24.8 Å². The molecule has 2 aromatic rings. The summed E-state index contributed by atoms with van der Waals surface area (Å²) in [7, 11) is 0. The molecule has 2 aromatic heterocycles. The standard InChI is InChI=1S/C19H22N8S/c1-28-19-24-15-4-2-5-20-16(15)17-23-12-14(27(17)19)13-25-8-10-26(11-9-25)18-21-6-3-7-22-18/h2-7,14H,8-13H2,1H3. The third kappa shape index (κ3) is 3.14. The predicted octanol–water partition coefficient (Wildman–Crippen LogP) is 1.49. The van der Waals surface area contributed by atoms with E-state index in [2.05, 4.69) is 35.9 Å². The Balaban J connectivity index is 1.27. The summed E-state index contributed by atoms with van der Waals surface area (Å²) in [6.07, 6.45) is 7.50. The van der Waals surface area contributed by atoms with Gasteiger partial charge in [-0.05, 0) is 24.5 Å². The zero-order chi connectivity index (χ0) is 18.9. The minimum absolute atomic E-state index is 0.302. The van der Waals surface area contributed by atoms with E-state index in [4.69, 9.17) is 9.98 Å². The molecule has 0 radical (unpaired) electrons. The molecule has 1 saturated heterocycles. The average molecular weight is 395 g/mol. The van der Waals surface area contributed by atoms with Crippen molar-refractivity contribution in [2.75, 3.05) is 50.4 Å². The minimum atomic E-state index is 0.302. The average Bonchev–Trinajstić information content (AvgIpc) is 3.18. The summed E-state index contributed by atoms with van der Waals surface area (Å²) < 4.78 is 0. The van der Waals surface area contributed by atoms with Crippen molar-refractivity contribution in [3.63, 3.8) is 0 Å². The van der Waals surface area contributed by atoms with Crippen LogP contribution < -0.4 is 4.90 Å². The highest BCUT2D eigenvalue weighted by Crippen LogP contribution is 2.32. The van der Waals surface area contributed by atoms with E-state index in [0.717, 1.165) is 67.6 Å². The fourth-order valence-electron chi connectivity index (χ4n) is 3.94. The molecule has 0 aliphatic carbocycles. The molecule has 1 unspecified atom stereocenters. The van der Waals surface area contributed by atoms with Gasteiger partial charge in [-0.3, -0.25) is 19.8 Å². The lowest BCUT2D eigenvalue weighted by atomic mass is 10.2. The summed E-state index contributed by atoms with van der Waals surface area (Å²) in [6.45, 7) is 5.64. The van der Waals surface area contributed by atoms with Crippen LogP contribution >= 0.6 is 11.8 Å². The summed E-state index contributed by atoms with van der Waals surface area (Å²) in [6, 6.07) is 6.10. The molecule has 5 heterocycles. The number of thioether (sulfide) groups is 1. The van der Waals surface area contributed by atoms with Crippen LogP contribution in [0.3, 0.4) is 0 Å². The van der Waals surface area contributed by atoms with Crippen LogP contribution in [-0.2, 0) is 0 Å². The molecule has 28 heavy (non-hydrogen) atoms. The van der Waals surface area contributed by atoms with Crippen molar-refractivity contribution in [3.8, 4) is 0 Å². The summed E-state index contributed by atoms with van der Waals surface area (Å²) in [5, 5.41) is 1.01. The highest BCUT2D eigenvalue weighted by Gasteiger charge is 2.38. The summed E-state index contributed by atoms with van der Waals surface area (Å²) in [4.78, 5) is 30.0. The largest absolute Gasteiger partial charge is 0.338 e. The van der Waals surface area contributed by atoms with Gasteiger partial charge < -0.3 is 4.90 Å². The van der Waals surface area contributed by atoms with Gasteiger partial charge in [-0.25, -0.2) is 15.0 Å². The first-order chi connectivity index (χ1) is 13.8. The number of pyridine rings is 1. The van der Waals surface area contributed by atoms with Crippen LogP contribution in [0.4, 0.5) is 11.6 Å². The van der Waals surface area contributed by atoms with Crippen molar-refractivity contribution in [2.45, 2.75) is 6.04 Å². The smallest absolute Gasteiger partial charge is 0.225 e. The monoisotopic (exact) mass is 394 g/mol. The second kappa shape index (κ2) is 7.48. The van der Waals surface area contributed by atoms with E-state index in [1.165, 1.54) is 0 Å². The molecule has 1 fully saturated rings. The molecule has 3 aliphatic heterocycles. The van der Waals surface area contributed by atoms with Gasteiger partial charge >= 0.3 is 0 Å². The van der Waals surface area contributed by atoms with Crippen LogP contribution in [0, 0.1) is 0 Å². The van der Waals surface area contributed by atoms with Crippen molar-refractivity contribution in [3.05, 3.63) is 42.5 Å². The van der Waals surface area contributed by atoms with Crippen LogP contribution in [0.15, 0.2) is 46.8 Å². The molecule has 5 rings (SSSR count). The van der Waals surface area contributed by atoms with Gasteiger partial charge in [0.15, 0.2) is 11.0 Å². The molecular weight excluding hydrogens is 372 g/mol. The minimum Gasteiger partial charge on any atom is -0.338 e. The molecule has 3 aliphatic rings. The number of hydrogen-bond donors (Lipinski definition) is 0. The number of aromatic nitrogens is 3. The van der Waals surface area contributed by atoms with Gasteiger partial charge in [-0.2, -0.15) is 0 Å². The van der Waals surface area contributed by atoms with E-state index < -0.39 is 0 Å². The quantitative estimate of drug-likeness (QED) is 0.781. The highest BCUT2D eigenvalue weighted by atomic mass is 32.2. The van der Waals surface area contributed by atoms with E-state index in [1.54, 1.807) is 24.2 Å². The van der Waals surface area contributed by atoms with Gasteiger partial charge in [0.2, 0.25) is 5.95 Å². The van der Waals surface area contributed by atoms with Gasteiger partial charge in [0, 0.05) is 51.3 Å². The molecule has 9 heteroatoms. The van der Waals surface area contributed by atoms with Gasteiger partial charge in [0.05, 0.1) is 18.3 Å². The summed E-state index contributed by atoms with van der Waals surface area (Å²) in [5.74, 6) is 1.79. The maximum Gasteiger partial charge on any atom is 0.225 e. The number of anilines is 1. The summed E-state index contributed by atoms with van der Waals surface area (Å²) >= 11 is 1.67. The molecular formula is C19H22N8S. The molecule has 0 spiro atoms. The second-order valence-corrected chi connectivity index (χ2v) is 7.77. The van der Waals surface area contributed by atoms with Crippen LogP contribution in [-0.4, -0.2) is 87.3 Å². The molecule has 0 aromatic carbocycles. The first kappa shape index (κ1) is 17.6. The second-order valence-electron chi connectivity index (χ2n) is 6.99. The first-order valence-corrected chi connectivity index (χ1v) is 10.7. The number of rotatable bonds is 3. The van der Waals surface area contributed by atoms with Gasteiger partial charge in [0.1, 0.15) is 5.69 Å². The number of amidine groups is 2. The maximum atomic E-state index is 4.84.